The Morgan fingerprint density at radius 2 is 1.87 bits per heavy atom. The molecule has 1 amide bonds. The van der Waals surface area contributed by atoms with Crippen molar-refractivity contribution in [3.05, 3.63) is 41.0 Å². The Bertz CT molecular complexity index is 450. The van der Waals surface area contributed by atoms with Crippen LogP contribution >= 0.6 is 0 Å². The number of nitriles is 1. The third kappa shape index (κ3) is 2.44. The maximum absolute atomic E-state index is 11.0. The van der Waals surface area contributed by atoms with Crippen LogP contribution in [0, 0.1) is 18.3 Å². The van der Waals surface area contributed by atoms with E-state index in [4.69, 9.17) is 11.0 Å². The third-order valence-electron chi connectivity index (χ3n) is 2.22. The summed E-state index contributed by atoms with van der Waals surface area (Å²) < 4.78 is 0. The maximum Gasteiger partial charge on any atom is 0.259 e. The predicted octanol–water partition coefficient (Wildman–Crippen LogP) is 1.78. The second-order valence-corrected chi connectivity index (χ2v) is 3.34. The number of allylic oxidation sites excluding steroid dienone is 1. The van der Waals surface area contributed by atoms with Crippen LogP contribution in [0.5, 0.6) is 0 Å². The van der Waals surface area contributed by atoms with Gasteiger partial charge in [0, 0.05) is 0 Å². The van der Waals surface area contributed by atoms with E-state index >= 15 is 0 Å². The maximum atomic E-state index is 11.0. The summed E-state index contributed by atoms with van der Waals surface area (Å²) in [7, 11) is 0. The van der Waals surface area contributed by atoms with Gasteiger partial charge >= 0.3 is 0 Å². The molecule has 0 aliphatic heterocycles. The van der Waals surface area contributed by atoms with E-state index in [1.807, 2.05) is 37.3 Å². The molecule has 0 aliphatic carbocycles. The van der Waals surface area contributed by atoms with Gasteiger partial charge in [-0.1, -0.05) is 29.8 Å². The van der Waals surface area contributed by atoms with Crippen molar-refractivity contribution in [3.8, 4) is 6.07 Å². The van der Waals surface area contributed by atoms with Crippen LogP contribution in [-0.2, 0) is 4.79 Å². The minimum atomic E-state index is -0.685. The standard InChI is InChI=1S/C12H12N2O/c1-8-3-5-10(6-4-8)9(2)11(7-13)12(14)15/h3-6H,1-2H3,(H2,14,15)/b11-9-. The third-order valence-corrected chi connectivity index (χ3v) is 2.22. The van der Waals surface area contributed by atoms with Crippen molar-refractivity contribution in [2.24, 2.45) is 5.73 Å². The molecule has 0 unspecified atom stereocenters. The molecule has 0 spiro atoms. The fourth-order valence-corrected chi connectivity index (χ4v) is 1.27. The topological polar surface area (TPSA) is 66.9 Å². The van der Waals surface area contributed by atoms with E-state index in [1.165, 1.54) is 0 Å². The number of hydrogen-bond acceptors (Lipinski definition) is 2. The molecule has 3 heteroatoms. The van der Waals surface area contributed by atoms with E-state index in [0.717, 1.165) is 11.1 Å². The first-order valence-corrected chi connectivity index (χ1v) is 4.54. The van der Waals surface area contributed by atoms with Gasteiger partial charge in [0.05, 0.1) is 0 Å². The smallest absolute Gasteiger partial charge is 0.259 e. The lowest BCUT2D eigenvalue weighted by atomic mass is 10.0. The Morgan fingerprint density at radius 3 is 2.27 bits per heavy atom. The van der Waals surface area contributed by atoms with E-state index in [2.05, 4.69) is 0 Å². The summed E-state index contributed by atoms with van der Waals surface area (Å²) in [6.45, 7) is 3.69. The van der Waals surface area contributed by atoms with Crippen LogP contribution in [0.2, 0.25) is 0 Å². The van der Waals surface area contributed by atoms with Gasteiger partial charge in [-0.05, 0) is 25.0 Å². The van der Waals surface area contributed by atoms with Crippen molar-refractivity contribution in [2.75, 3.05) is 0 Å². The summed E-state index contributed by atoms with van der Waals surface area (Å²) >= 11 is 0. The monoisotopic (exact) mass is 200 g/mol. The molecule has 2 N–H and O–H groups in total. The van der Waals surface area contributed by atoms with E-state index < -0.39 is 5.91 Å². The molecule has 0 aromatic heterocycles. The first-order valence-electron chi connectivity index (χ1n) is 4.54. The van der Waals surface area contributed by atoms with Gasteiger partial charge in [0.25, 0.3) is 5.91 Å². The Hall–Kier alpha value is -2.08. The fraction of sp³-hybridized carbons (Fsp3) is 0.167. The molecule has 1 aromatic carbocycles. The Labute approximate surface area is 88.8 Å². The molecule has 76 valence electrons. The second kappa shape index (κ2) is 4.43. The highest BCUT2D eigenvalue weighted by molar-refractivity contribution is 6.03. The highest BCUT2D eigenvalue weighted by atomic mass is 16.1. The van der Waals surface area contributed by atoms with Crippen LogP contribution < -0.4 is 5.73 Å². The molecule has 1 aromatic rings. The van der Waals surface area contributed by atoms with E-state index in [-0.39, 0.29) is 5.57 Å². The number of rotatable bonds is 2. The van der Waals surface area contributed by atoms with Gasteiger partial charge in [0.1, 0.15) is 11.6 Å². The molecule has 3 nitrogen and oxygen atoms in total. The van der Waals surface area contributed by atoms with Gasteiger partial charge in [-0.2, -0.15) is 5.26 Å². The van der Waals surface area contributed by atoms with Crippen LogP contribution in [0.15, 0.2) is 29.8 Å². The zero-order valence-electron chi connectivity index (χ0n) is 8.74. The summed E-state index contributed by atoms with van der Waals surface area (Å²) in [4.78, 5) is 11.0. The number of carbonyl (C=O) groups excluding carboxylic acids is 1. The van der Waals surface area contributed by atoms with Gasteiger partial charge in [-0.3, -0.25) is 4.79 Å². The van der Waals surface area contributed by atoms with Crippen molar-refractivity contribution < 1.29 is 4.79 Å². The van der Waals surface area contributed by atoms with Crippen molar-refractivity contribution >= 4 is 11.5 Å². The average Bonchev–Trinajstić information content (AvgIpc) is 2.19. The lowest BCUT2D eigenvalue weighted by molar-refractivity contribution is -0.114. The first kappa shape index (κ1) is 11.0. The van der Waals surface area contributed by atoms with Crippen molar-refractivity contribution in [2.45, 2.75) is 13.8 Å². The fourth-order valence-electron chi connectivity index (χ4n) is 1.27. The lowest BCUT2D eigenvalue weighted by Gasteiger charge is -2.03. The van der Waals surface area contributed by atoms with Gasteiger partial charge in [0.15, 0.2) is 0 Å². The van der Waals surface area contributed by atoms with Crippen molar-refractivity contribution in [3.63, 3.8) is 0 Å². The molecule has 0 radical (unpaired) electrons. The molecule has 0 bridgehead atoms. The summed E-state index contributed by atoms with van der Waals surface area (Å²) in [6, 6.07) is 9.40. The van der Waals surface area contributed by atoms with Gasteiger partial charge in [-0.15, -0.1) is 0 Å². The molecule has 0 aliphatic rings. The van der Waals surface area contributed by atoms with Crippen LogP contribution in [0.4, 0.5) is 0 Å². The van der Waals surface area contributed by atoms with Crippen molar-refractivity contribution in [1.82, 2.24) is 0 Å². The zero-order chi connectivity index (χ0) is 11.4. The molecule has 0 saturated heterocycles. The summed E-state index contributed by atoms with van der Waals surface area (Å²) in [5.41, 5.74) is 7.70. The summed E-state index contributed by atoms with van der Waals surface area (Å²) in [6.07, 6.45) is 0. The summed E-state index contributed by atoms with van der Waals surface area (Å²) in [5.74, 6) is -0.685. The van der Waals surface area contributed by atoms with Gasteiger partial charge < -0.3 is 5.73 Å². The van der Waals surface area contributed by atoms with E-state index in [0.29, 0.717) is 5.57 Å². The molecular weight excluding hydrogens is 188 g/mol. The number of aryl methyl sites for hydroxylation is 1. The average molecular weight is 200 g/mol. The highest BCUT2D eigenvalue weighted by Crippen LogP contribution is 2.18. The predicted molar refractivity (Wildman–Crippen MR) is 58.6 cm³/mol. The Kier molecular flexibility index (Phi) is 3.25. The van der Waals surface area contributed by atoms with Crippen molar-refractivity contribution in [1.29, 1.82) is 5.26 Å². The van der Waals surface area contributed by atoms with Gasteiger partial charge in [-0.25, -0.2) is 0 Å². The number of benzene rings is 1. The first-order chi connectivity index (χ1) is 7.06. The Morgan fingerprint density at radius 1 is 1.33 bits per heavy atom. The molecule has 0 heterocycles. The molecule has 0 atom stereocenters. The Balaban J connectivity index is 3.24. The minimum absolute atomic E-state index is 0.0128. The van der Waals surface area contributed by atoms with E-state index in [9.17, 15) is 4.79 Å². The number of carbonyl (C=O) groups is 1. The summed E-state index contributed by atoms with van der Waals surface area (Å²) in [5, 5.41) is 8.77. The van der Waals surface area contributed by atoms with Crippen LogP contribution in [0.3, 0.4) is 0 Å². The highest BCUT2D eigenvalue weighted by Gasteiger charge is 2.09. The van der Waals surface area contributed by atoms with E-state index in [1.54, 1.807) is 6.92 Å². The molecule has 1 rings (SSSR count). The van der Waals surface area contributed by atoms with Crippen LogP contribution in [-0.4, -0.2) is 5.91 Å². The molecule has 0 fully saturated rings. The molecular formula is C12H12N2O. The normalized spacial score (nSPS) is 11.5. The zero-order valence-corrected chi connectivity index (χ0v) is 8.74. The minimum Gasteiger partial charge on any atom is -0.365 e. The number of amides is 1. The number of nitrogens with zero attached hydrogens (tertiary/aromatic N) is 1. The molecule has 15 heavy (non-hydrogen) atoms. The quantitative estimate of drug-likeness (QED) is 0.584. The SMILES string of the molecule is C/C(=C(\C#N)C(N)=O)c1ccc(C)cc1. The number of hydrogen-bond donors (Lipinski definition) is 1. The van der Waals surface area contributed by atoms with Crippen LogP contribution in [0.1, 0.15) is 18.1 Å². The number of nitrogens with two attached hydrogens (primary N) is 1. The van der Waals surface area contributed by atoms with Gasteiger partial charge in [0.2, 0.25) is 0 Å². The number of primary amides is 1. The van der Waals surface area contributed by atoms with Crippen LogP contribution in [0.25, 0.3) is 5.57 Å². The largest absolute Gasteiger partial charge is 0.365 e. The molecule has 0 saturated carbocycles. The lowest BCUT2D eigenvalue weighted by Crippen LogP contribution is -2.13. The second-order valence-electron chi connectivity index (χ2n) is 3.34.